The van der Waals surface area contributed by atoms with Gasteiger partial charge in [0.15, 0.2) is 5.78 Å². The third kappa shape index (κ3) is 7.96. The average molecular weight is 317 g/mol. The van der Waals surface area contributed by atoms with Crippen LogP contribution in [0.15, 0.2) is 24.3 Å². The maximum atomic E-state index is 12.0. The molecule has 0 heterocycles. The highest BCUT2D eigenvalue weighted by atomic mass is 16.1. The van der Waals surface area contributed by atoms with Crippen LogP contribution in [0.5, 0.6) is 0 Å². The van der Waals surface area contributed by atoms with Crippen LogP contribution in [0.25, 0.3) is 0 Å². The van der Waals surface area contributed by atoms with E-state index in [2.05, 4.69) is 19.2 Å². The zero-order valence-corrected chi connectivity index (χ0v) is 15.0. The van der Waals surface area contributed by atoms with Gasteiger partial charge in [-0.05, 0) is 24.5 Å². The monoisotopic (exact) mass is 317 g/mol. The fourth-order valence-corrected chi connectivity index (χ4v) is 2.50. The molecule has 1 aromatic carbocycles. The molecule has 0 radical (unpaired) electrons. The van der Waals surface area contributed by atoms with Crippen molar-refractivity contribution in [3.05, 3.63) is 29.8 Å². The first kappa shape index (κ1) is 19.4. The summed E-state index contributed by atoms with van der Waals surface area (Å²) in [6.45, 7) is 8.25. The van der Waals surface area contributed by atoms with Gasteiger partial charge in [0.05, 0.1) is 0 Å². The predicted molar refractivity (Wildman–Crippen MR) is 96.8 cm³/mol. The Hall–Kier alpha value is -1.64. The van der Waals surface area contributed by atoms with E-state index < -0.39 is 0 Å². The summed E-state index contributed by atoms with van der Waals surface area (Å²) in [5.41, 5.74) is 1.37. The van der Waals surface area contributed by atoms with Gasteiger partial charge in [-0.2, -0.15) is 0 Å². The summed E-state index contributed by atoms with van der Waals surface area (Å²) in [7, 11) is 0. The molecular formula is C20H31NO2. The number of benzene rings is 1. The predicted octanol–water partition coefficient (Wildman–Crippen LogP) is 5.46. The topological polar surface area (TPSA) is 46.2 Å². The Morgan fingerprint density at radius 3 is 2.35 bits per heavy atom. The molecule has 0 bridgehead atoms. The number of nitrogens with one attached hydrogen (secondary N) is 1. The molecular weight excluding hydrogens is 286 g/mol. The fourth-order valence-electron chi connectivity index (χ4n) is 2.50. The van der Waals surface area contributed by atoms with Gasteiger partial charge in [0, 0.05) is 23.6 Å². The van der Waals surface area contributed by atoms with E-state index in [9.17, 15) is 9.59 Å². The van der Waals surface area contributed by atoms with Crippen molar-refractivity contribution in [2.75, 3.05) is 5.32 Å². The Balaban J connectivity index is 2.34. The van der Waals surface area contributed by atoms with Crippen LogP contribution in [0, 0.1) is 11.8 Å². The number of unbranched alkanes of at least 4 members (excludes halogenated alkanes) is 3. The van der Waals surface area contributed by atoms with Crippen molar-refractivity contribution in [2.24, 2.45) is 11.8 Å². The number of rotatable bonds is 10. The van der Waals surface area contributed by atoms with E-state index in [1.807, 2.05) is 26.0 Å². The van der Waals surface area contributed by atoms with Crippen LogP contribution in [0.4, 0.5) is 5.69 Å². The normalized spacial score (nSPS) is 11.0. The third-order valence-electron chi connectivity index (χ3n) is 3.89. The smallest absolute Gasteiger partial charge is 0.224 e. The highest BCUT2D eigenvalue weighted by Crippen LogP contribution is 2.15. The SMILES string of the molecule is CC(C)CCCCCCC(=O)Nc1cccc(C(=O)C(C)C)c1. The third-order valence-corrected chi connectivity index (χ3v) is 3.89. The van der Waals surface area contributed by atoms with Crippen molar-refractivity contribution < 1.29 is 9.59 Å². The number of ketones is 1. The van der Waals surface area contributed by atoms with Crippen molar-refractivity contribution >= 4 is 17.4 Å². The molecule has 23 heavy (non-hydrogen) atoms. The van der Waals surface area contributed by atoms with Crippen LogP contribution in [-0.2, 0) is 4.79 Å². The van der Waals surface area contributed by atoms with Crippen LogP contribution in [-0.4, -0.2) is 11.7 Å². The summed E-state index contributed by atoms with van der Waals surface area (Å²) in [5, 5.41) is 2.89. The van der Waals surface area contributed by atoms with Gasteiger partial charge in [0.25, 0.3) is 0 Å². The molecule has 1 N–H and O–H groups in total. The van der Waals surface area contributed by atoms with Crippen molar-refractivity contribution in [1.29, 1.82) is 0 Å². The maximum Gasteiger partial charge on any atom is 0.224 e. The first-order valence-corrected chi connectivity index (χ1v) is 8.84. The van der Waals surface area contributed by atoms with Gasteiger partial charge in [0.1, 0.15) is 0 Å². The first-order valence-electron chi connectivity index (χ1n) is 8.84. The summed E-state index contributed by atoms with van der Waals surface area (Å²) < 4.78 is 0. The number of carbonyl (C=O) groups excluding carboxylic acids is 2. The van der Waals surface area contributed by atoms with Gasteiger partial charge in [-0.3, -0.25) is 9.59 Å². The minimum atomic E-state index is -0.0354. The molecule has 0 aliphatic carbocycles. The minimum Gasteiger partial charge on any atom is -0.326 e. The molecule has 0 saturated carbocycles. The molecule has 3 nitrogen and oxygen atoms in total. The Kier molecular flexibility index (Phi) is 8.60. The molecule has 0 aliphatic heterocycles. The Morgan fingerprint density at radius 1 is 1.00 bits per heavy atom. The van der Waals surface area contributed by atoms with E-state index in [1.54, 1.807) is 12.1 Å². The number of anilines is 1. The van der Waals surface area contributed by atoms with Gasteiger partial charge < -0.3 is 5.32 Å². The van der Waals surface area contributed by atoms with Crippen LogP contribution >= 0.6 is 0 Å². The molecule has 3 heteroatoms. The molecule has 1 aromatic rings. The van der Waals surface area contributed by atoms with Crippen LogP contribution in [0.3, 0.4) is 0 Å². The highest BCUT2D eigenvalue weighted by molar-refractivity contribution is 5.99. The van der Waals surface area contributed by atoms with Crippen molar-refractivity contribution in [1.82, 2.24) is 0 Å². The lowest BCUT2D eigenvalue weighted by atomic mass is 10.0. The average Bonchev–Trinajstić information content (AvgIpc) is 2.49. The highest BCUT2D eigenvalue weighted by Gasteiger charge is 2.11. The van der Waals surface area contributed by atoms with E-state index >= 15 is 0 Å². The molecule has 128 valence electrons. The quantitative estimate of drug-likeness (QED) is 0.460. The second kappa shape index (κ2) is 10.2. The van der Waals surface area contributed by atoms with Gasteiger partial charge in [-0.1, -0.05) is 65.5 Å². The summed E-state index contributed by atoms with van der Waals surface area (Å²) in [5.74, 6) is 0.861. The zero-order valence-electron chi connectivity index (χ0n) is 15.0. The lowest BCUT2D eigenvalue weighted by Crippen LogP contribution is -2.12. The summed E-state index contributed by atoms with van der Waals surface area (Å²) in [6.07, 6.45) is 6.29. The molecule has 0 fully saturated rings. The van der Waals surface area contributed by atoms with E-state index in [0.717, 1.165) is 18.8 Å². The van der Waals surface area contributed by atoms with Gasteiger partial charge >= 0.3 is 0 Å². The van der Waals surface area contributed by atoms with Crippen molar-refractivity contribution in [3.63, 3.8) is 0 Å². The number of carbonyl (C=O) groups is 2. The van der Waals surface area contributed by atoms with E-state index in [-0.39, 0.29) is 17.6 Å². The molecule has 1 rings (SSSR count). The summed E-state index contributed by atoms with van der Waals surface area (Å²) in [4.78, 5) is 24.0. The number of amides is 1. The number of Topliss-reactive ketones (excluding diaryl/α,β-unsaturated/α-hetero) is 1. The minimum absolute atomic E-state index is 0.0306. The zero-order chi connectivity index (χ0) is 17.2. The van der Waals surface area contributed by atoms with Crippen LogP contribution < -0.4 is 5.32 Å². The Morgan fingerprint density at radius 2 is 1.70 bits per heavy atom. The summed E-state index contributed by atoms with van der Waals surface area (Å²) in [6, 6.07) is 7.21. The first-order chi connectivity index (χ1) is 10.9. The molecule has 0 aromatic heterocycles. The second-order valence-electron chi connectivity index (χ2n) is 6.99. The van der Waals surface area contributed by atoms with Crippen molar-refractivity contribution in [3.8, 4) is 0 Å². The lowest BCUT2D eigenvalue weighted by molar-refractivity contribution is -0.116. The van der Waals surface area contributed by atoms with Gasteiger partial charge in [-0.25, -0.2) is 0 Å². The lowest BCUT2D eigenvalue weighted by Gasteiger charge is -2.09. The Labute approximate surface area is 140 Å². The molecule has 0 saturated heterocycles. The molecule has 0 aliphatic rings. The van der Waals surface area contributed by atoms with E-state index in [1.165, 1.54) is 19.3 Å². The second-order valence-corrected chi connectivity index (χ2v) is 6.99. The fraction of sp³-hybridized carbons (Fsp3) is 0.600. The van der Waals surface area contributed by atoms with E-state index in [4.69, 9.17) is 0 Å². The largest absolute Gasteiger partial charge is 0.326 e. The van der Waals surface area contributed by atoms with Crippen LogP contribution in [0.2, 0.25) is 0 Å². The van der Waals surface area contributed by atoms with Gasteiger partial charge in [-0.15, -0.1) is 0 Å². The molecule has 0 spiro atoms. The standard InChI is InChI=1S/C20H31NO2/c1-15(2)10-7-5-6-8-13-19(22)21-18-12-9-11-17(14-18)20(23)16(3)4/h9,11-12,14-16H,5-8,10,13H2,1-4H3,(H,21,22). The number of hydrogen-bond donors (Lipinski definition) is 1. The van der Waals surface area contributed by atoms with Gasteiger partial charge in [0.2, 0.25) is 5.91 Å². The molecule has 1 amide bonds. The molecule has 0 unspecified atom stereocenters. The Bertz CT molecular complexity index is 506. The number of hydrogen-bond acceptors (Lipinski definition) is 2. The summed E-state index contributed by atoms with van der Waals surface area (Å²) >= 11 is 0. The van der Waals surface area contributed by atoms with E-state index in [0.29, 0.717) is 17.7 Å². The van der Waals surface area contributed by atoms with Crippen molar-refractivity contribution in [2.45, 2.75) is 66.2 Å². The maximum absolute atomic E-state index is 12.0. The molecule has 0 atom stereocenters. The van der Waals surface area contributed by atoms with Crippen LogP contribution in [0.1, 0.15) is 76.6 Å².